The van der Waals surface area contributed by atoms with E-state index in [4.69, 9.17) is 24.3 Å². The molecule has 2 aromatic heterocycles. The van der Waals surface area contributed by atoms with Crippen molar-refractivity contribution in [1.29, 1.82) is 0 Å². The number of thiazole rings is 1. The highest BCUT2D eigenvalue weighted by Gasteiger charge is 2.33. The van der Waals surface area contributed by atoms with E-state index in [0.717, 1.165) is 32.8 Å². The molecular formula is C26H28N4O4S. The van der Waals surface area contributed by atoms with Crippen LogP contribution < -0.4 is 19.5 Å². The van der Waals surface area contributed by atoms with Gasteiger partial charge in [-0.1, -0.05) is 17.4 Å². The van der Waals surface area contributed by atoms with Crippen molar-refractivity contribution in [2.75, 3.05) is 25.1 Å². The first kappa shape index (κ1) is 23.2. The van der Waals surface area contributed by atoms with E-state index >= 15 is 0 Å². The largest absolute Gasteiger partial charge is 0.494 e. The Labute approximate surface area is 207 Å². The molecule has 8 nitrogen and oxygen atoms in total. The topological polar surface area (TPSA) is 87.5 Å². The number of ether oxygens (including phenoxy) is 3. The summed E-state index contributed by atoms with van der Waals surface area (Å²) in [5.41, 5.74) is 3.69. The molecule has 182 valence electrons. The van der Waals surface area contributed by atoms with Crippen LogP contribution in [0.3, 0.4) is 0 Å². The molecule has 2 aromatic carbocycles. The summed E-state index contributed by atoms with van der Waals surface area (Å²) in [6.45, 7) is 9.50. The minimum Gasteiger partial charge on any atom is -0.494 e. The van der Waals surface area contributed by atoms with Crippen LogP contribution in [0.2, 0.25) is 0 Å². The second kappa shape index (κ2) is 9.58. The number of nitrogens with one attached hydrogen (secondary N) is 1. The zero-order valence-corrected chi connectivity index (χ0v) is 21.1. The molecule has 0 saturated heterocycles. The summed E-state index contributed by atoms with van der Waals surface area (Å²) >= 11 is 1.51. The van der Waals surface area contributed by atoms with Crippen LogP contribution in [0, 0.1) is 6.92 Å². The fourth-order valence-electron chi connectivity index (χ4n) is 4.49. The van der Waals surface area contributed by atoms with Gasteiger partial charge >= 0.3 is 0 Å². The highest BCUT2D eigenvalue weighted by atomic mass is 32.1. The Morgan fingerprint density at radius 2 is 1.80 bits per heavy atom. The predicted octanol–water partition coefficient (Wildman–Crippen LogP) is 5.46. The van der Waals surface area contributed by atoms with Crippen molar-refractivity contribution in [3.05, 3.63) is 53.2 Å². The zero-order valence-electron chi connectivity index (χ0n) is 20.3. The van der Waals surface area contributed by atoms with Gasteiger partial charge in [0.15, 0.2) is 11.5 Å². The number of rotatable bonds is 8. The van der Waals surface area contributed by atoms with Gasteiger partial charge in [-0.05, 0) is 63.6 Å². The van der Waals surface area contributed by atoms with Crippen molar-refractivity contribution in [3.8, 4) is 22.4 Å². The summed E-state index contributed by atoms with van der Waals surface area (Å²) < 4.78 is 19.9. The maximum Gasteiger partial charge on any atom is 0.226 e. The van der Waals surface area contributed by atoms with Crippen LogP contribution in [0.1, 0.15) is 49.9 Å². The van der Waals surface area contributed by atoms with Gasteiger partial charge in [0.25, 0.3) is 0 Å². The fraction of sp³-hybridized carbons (Fsp3) is 0.346. The SMILES string of the molecule is CCOc1ccc2nc(-n3nc(C)c4c3NC(=O)C[C@@H]4c3ccc(OCC)c(OCC)c3)sc2c1. The predicted molar refractivity (Wildman–Crippen MR) is 137 cm³/mol. The molecule has 0 fully saturated rings. The molecule has 0 saturated carbocycles. The van der Waals surface area contributed by atoms with Gasteiger partial charge in [-0.25, -0.2) is 4.98 Å². The molecule has 0 radical (unpaired) electrons. The average Bonchev–Trinajstić information content (AvgIpc) is 3.40. The second-order valence-electron chi connectivity index (χ2n) is 8.20. The van der Waals surface area contributed by atoms with E-state index in [1.165, 1.54) is 11.3 Å². The zero-order chi connectivity index (χ0) is 24.5. The molecule has 1 aliphatic rings. The number of carbonyl (C=O) groups is 1. The monoisotopic (exact) mass is 492 g/mol. The lowest BCUT2D eigenvalue weighted by atomic mass is 9.85. The van der Waals surface area contributed by atoms with Gasteiger partial charge < -0.3 is 19.5 Å². The molecule has 1 atom stereocenters. The summed E-state index contributed by atoms with van der Waals surface area (Å²) in [5, 5.41) is 8.53. The van der Waals surface area contributed by atoms with E-state index in [2.05, 4.69) is 5.32 Å². The molecule has 0 unspecified atom stereocenters. The Kier molecular flexibility index (Phi) is 6.34. The Hall–Kier alpha value is -3.59. The third-order valence-corrected chi connectivity index (χ3v) is 6.91. The van der Waals surface area contributed by atoms with Crippen molar-refractivity contribution >= 4 is 33.3 Å². The Morgan fingerprint density at radius 1 is 1.03 bits per heavy atom. The van der Waals surface area contributed by atoms with Gasteiger partial charge in [0.2, 0.25) is 11.0 Å². The number of aromatic nitrogens is 3. The lowest BCUT2D eigenvalue weighted by Gasteiger charge is -2.25. The normalized spacial score (nSPS) is 15.1. The van der Waals surface area contributed by atoms with Crippen LogP contribution in [-0.4, -0.2) is 40.5 Å². The van der Waals surface area contributed by atoms with Gasteiger partial charge in [-0.3, -0.25) is 4.79 Å². The summed E-state index contributed by atoms with van der Waals surface area (Å²) in [5.74, 6) is 2.65. The van der Waals surface area contributed by atoms with Crippen molar-refractivity contribution in [2.24, 2.45) is 0 Å². The average molecular weight is 493 g/mol. The van der Waals surface area contributed by atoms with Crippen LogP contribution in [-0.2, 0) is 4.79 Å². The molecule has 5 rings (SSSR count). The molecule has 0 aliphatic carbocycles. The number of amides is 1. The molecule has 1 aliphatic heterocycles. The van der Waals surface area contributed by atoms with Crippen LogP contribution in [0.25, 0.3) is 15.3 Å². The highest BCUT2D eigenvalue weighted by Crippen LogP contribution is 2.43. The van der Waals surface area contributed by atoms with Gasteiger partial charge in [0.05, 0.1) is 35.7 Å². The van der Waals surface area contributed by atoms with Crippen molar-refractivity contribution in [3.63, 3.8) is 0 Å². The molecule has 9 heteroatoms. The van der Waals surface area contributed by atoms with Crippen molar-refractivity contribution < 1.29 is 19.0 Å². The number of carbonyl (C=O) groups excluding carboxylic acids is 1. The minimum atomic E-state index is -0.152. The Balaban J connectivity index is 1.58. The molecule has 0 bridgehead atoms. The first-order chi connectivity index (χ1) is 17.0. The number of hydrogen-bond acceptors (Lipinski definition) is 7. The number of benzene rings is 2. The second-order valence-corrected chi connectivity index (χ2v) is 9.20. The van der Waals surface area contributed by atoms with E-state index in [-0.39, 0.29) is 11.8 Å². The molecule has 3 heterocycles. The standard InChI is InChI=1S/C26H28N4O4S/c1-5-32-17-9-10-19-22(13-17)35-26(27-19)30-25-24(15(4)29-30)18(14-23(31)28-25)16-8-11-20(33-6-2)21(12-16)34-7-3/h8-13,18H,5-7,14H2,1-4H3,(H,28,31)/t18-/m1/s1. The molecular weight excluding hydrogens is 464 g/mol. The van der Waals surface area contributed by atoms with E-state index in [0.29, 0.717) is 48.7 Å². The Morgan fingerprint density at radius 3 is 2.57 bits per heavy atom. The third kappa shape index (κ3) is 4.32. The lowest BCUT2D eigenvalue weighted by Crippen LogP contribution is -2.25. The van der Waals surface area contributed by atoms with E-state index < -0.39 is 0 Å². The number of fused-ring (bicyclic) bond motifs is 2. The number of nitrogens with zero attached hydrogens (tertiary/aromatic N) is 3. The first-order valence-electron chi connectivity index (χ1n) is 11.8. The maximum absolute atomic E-state index is 12.8. The highest BCUT2D eigenvalue weighted by molar-refractivity contribution is 7.20. The van der Waals surface area contributed by atoms with E-state index in [1.54, 1.807) is 4.68 Å². The van der Waals surface area contributed by atoms with E-state index in [9.17, 15) is 4.79 Å². The van der Waals surface area contributed by atoms with Crippen LogP contribution in [0.4, 0.5) is 5.82 Å². The summed E-state index contributed by atoms with van der Waals surface area (Å²) in [7, 11) is 0. The summed E-state index contributed by atoms with van der Waals surface area (Å²) in [6, 6.07) is 11.7. The molecule has 1 N–H and O–H groups in total. The summed E-state index contributed by atoms with van der Waals surface area (Å²) in [4.78, 5) is 17.6. The van der Waals surface area contributed by atoms with Gasteiger partial charge in [-0.15, -0.1) is 0 Å². The number of aryl methyl sites for hydroxylation is 1. The maximum atomic E-state index is 12.8. The first-order valence-corrected chi connectivity index (χ1v) is 12.7. The Bertz CT molecular complexity index is 1390. The minimum absolute atomic E-state index is 0.0600. The van der Waals surface area contributed by atoms with Gasteiger partial charge in [0.1, 0.15) is 11.6 Å². The molecule has 1 amide bonds. The fourth-order valence-corrected chi connectivity index (χ4v) is 5.45. The third-order valence-electron chi connectivity index (χ3n) is 5.91. The van der Waals surface area contributed by atoms with Crippen LogP contribution in [0.5, 0.6) is 17.2 Å². The quantitative estimate of drug-likeness (QED) is 0.351. The van der Waals surface area contributed by atoms with Crippen LogP contribution in [0.15, 0.2) is 36.4 Å². The van der Waals surface area contributed by atoms with Crippen LogP contribution >= 0.6 is 11.3 Å². The molecule has 0 spiro atoms. The smallest absolute Gasteiger partial charge is 0.226 e. The molecule has 4 aromatic rings. The summed E-state index contributed by atoms with van der Waals surface area (Å²) in [6.07, 6.45) is 0.330. The molecule has 35 heavy (non-hydrogen) atoms. The van der Waals surface area contributed by atoms with E-state index in [1.807, 2.05) is 64.1 Å². The van der Waals surface area contributed by atoms with Gasteiger partial charge in [-0.2, -0.15) is 9.78 Å². The lowest BCUT2D eigenvalue weighted by molar-refractivity contribution is -0.116. The van der Waals surface area contributed by atoms with Crippen molar-refractivity contribution in [2.45, 2.75) is 40.0 Å². The van der Waals surface area contributed by atoms with Crippen molar-refractivity contribution in [1.82, 2.24) is 14.8 Å². The number of hydrogen-bond donors (Lipinski definition) is 1. The number of anilines is 1. The van der Waals surface area contributed by atoms with Gasteiger partial charge in [0, 0.05) is 17.9 Å².